The first-order valence-corrected chi connectivity index (χ1v) is 13.6. The Morgan fingerprint density at radius 1 is 1.16 bits per heavy atom. The van der Waals surface area contributed by atoms with Crippen molar-refractivity contribution in [2.75, 3.05) is 44.3 Å². The summed E-state index contributed by atoms with van der Waals surface area (Å²) in [7, 11) is 1.81. The van der Waals surface area contributed by atoms with Gasteiger partial charge in [-0.2, -0.15) is 5.10 Å². The van der Waals surface area contributed by atoms with Crippen molar-refractivity contribution < 1.29 is 14.6 Å². The van der Waals surface area contributed by atoms with Crippen LogP contribution in [0.1, 0.15) is 69.2 Å². The molecule has 1 aliphatic heterocycles. The van der Waals surface area contributed by atoms with Crippen molar-refractivity contribution in [1.29, 1.82) is 0 Å². The first kappa shape index (κ1) is 26.9. The van der Waals surface area contributed by atoms with E-state index in [9.17, 15) is 9.90 Å². The third-order valence-corrected chi connectivity index (χ3v) is 7.88. The van der Waals surface area contributed by atoms with Gasteiger partial charge in [-0.25, -0.2) is 0 Å². The van der Waals surface area contributed by atoms with E-state index < -0.39 is 0 Å². The molecule has 0 radical (unpaired) electrons. The quantitative estimate of drug-likeness (QED) is 0.371. The highest BCUT2D eigenvalue weighted by Gasteiger charge is 2.29. The van der Waals surface area contributed by atoms with Crippen molar-refractivity contribution in [3.05, 3.63) is 35.5 Å². The smallest absolute Gasteiger partial charge is 0.306 e. The second-order valence-electron chi connectivity index (χ2n) is 10.4. The number of carbonyl (C=O) groups excluding carboxylic acids is 1. The van der Waals surface area contributed by atoms with E-state index in [1.54, 1.807) is 18.2 Å². The van der Waals surface area contributed by atoms with E-state index in [2.05, 4.69) is 10.2 Å². The number of anilines is 2. The molecule has 2 aliphatic rings. The summed E-state index contributed by atoms with van der Waals surface area (Å²) >= 11 is 0. The number of benzene rings is 1. The second kappa shape index (κ2) is 12.4. The minimum absolute atomic E-state index is 0.0507. The molecule has 0 amide bonds. The maximum Gasteiger partial charge on any atom is 0.306 e. The lowest BCUT2D eigenvalue weighted by atomic mass is 9.80. The number of phenols is 1. The average Bonchev–Trinajstić information content (AvgIpc) is 3.21. The van der Waals surface area contributed by atoms with E-state index in [0.717, 1.165) is 51.0 Å². The number of hydrogen-bond donors (Lipinski definition) is 4. The van der Waals surface area contributed by atoms with Gasteiger partial charge in [0.05, 0.1) is 18.3 Å². The van der Waals surface area contributed by atoms with Crippen LogP contribution in [0.5, 0.6) is 5.75 Å². The van der Waals surface area contributed by atoms with Crippen LogP contribution in [0.2, 0.25) is 0 Å². The molecule has 0 bridgehead atoms. The van der Waals surface area contributed by atoms with Gasteiger partial charge in [-0.15, -0.1) is 0 Å². The minimum Gasteiger partial charge on any atom is -0.507 e. The molecule has 1 aromatic carbocycles. The summed E-state index contributed by atoms with van der Waals surface area (Å²) in [5, 5.41) is 18.1. The summed E-state index contributed by atoms with van der Waals surface area (Å²) in [6, 6.07) is 7.26. The molecule has 0 unspecified atom stereocenters. The van der Waals surface area contributed by atoms with Crippen LogP contribution < -0.4 is 16.8 Å². The molecule has 6 N–H and O–H groups in total. The zero-order valence-electron chi connectivity index (χ0n) is 22.2. The van der Waals surface area contributed by atoms with Gasteiger partial charge >= 0.3 is 5.97 Å². The van der Waals surface area contributed by atoms with Crippen LogP contribution in [0, 0.1) is 11.8 Å². The number of nitrogens with zero attached hydrogens (tertiary/aromatic N) is 3. The summed E-state index contributed by atoms with van der Waals surface area (Å²) in [5.74, 6) is 1.90. The number of nitrogen functional groups attached to an aromatic ring is 1. The highest BCUT2D eigenvalue weighted by atomic mass is 16.5. The highest BCUT2D eigenvalue weighted by molar-refractivity contribution is 5.86. The van der Waals surface area contributed by atoms with Gasteiger partial charge in [0.2, 0.25) is 0 Å². The average molecular weight is 511 g/mol. The Morgan fingerprint density at radius 3 is 2.49 bits per heavy atom. The largest absolute Gasteiger partial charge is 0.507 e. The van der Waals surface area contributed by atoms with Crippen molar-refractivity contribution in [2.24, 2.45) is 17.6 Å². The van der Waals surface area contributed by atoms with Gasteiger partial charge in [0, 0.05) is 44.4 Å². The van der Waals surface area contributed by atoms with Crippen molar-refractivity contribution in [2.45, 2.75) is 57.9 Å². The molecule has 2 aromatic rings. The number of para-hydroxylation sites is 1. The molecule has 2 heterocycles. The molecule has 37 heavy (non-hydrogen) atoms. The van der Waals surface area contributed by atoms with Crippen molar-refractivity contribution in [1.82, 2.24) is 14.7 Å². The highest BCUT2D eigenvalue weighted by Crippen LogP contribution is 2.35. The van der Waals surface area contributed by atoms with Crippen LogP contribution >= 0.6 is 0 Å². The minimum atomic E-state index is -0.0507. The lowest BCUT2D eigenvalue weighted by molar-refractivity contribution is -0.144. The lowest BCUT2D eigenvalue weighted by Crippen LogP contribution is -2.39. The number of phenolic OH excluding ortho intramolecular Hbond substituents is 1. The Bertz CT molecular complexity index is 1080. The predicted octanol–water partition coefficient (Wildman–Crippen LogP) is 4.07. The first-order valence-electron chi connectivity index (χ1n) is 13.6. The van der Waals surface area contributed by atoms with Crippen molar-refractivity contribution >= 4 is 29.2 Å². The Kier molecular flexibility index (Phi) is 8.97. The van der Waals surface area contributed by atoms with Crippen LogP contribution in [0.15, 0.2) is 24.3 Å². The third kappa shape index (κ3) is 6.57. The van der Waals surface area contributed by atoms with E-state index >= 15 is 0 Å². The molecular weight excluding hydrogens is 468 g/mol. The number of likely N-dealkylation sites (tertiary alicyclic amines) is 1. The fourth-order valence-corrected chi connectivity index (χ4v) is 5.80. The molecular formula is C28H42N6O3. The maximum atomic E-state index is 11.8. The summed E-state index contributed by atoms with van der Waals surface area (Å²) < 4.78 is 7.13. The number of piperidine rings is 1. The normalized spacial score (nSPS) is 21.6. The van der Waals surface area contributed by atoms with Crippen molar-refractivity contribution in [3.63, 3.8) is 0 Å². The molecule has 9 nitrogen and oxygen atoms in total. The van der Waals surface area contributed by atoms with Crippen LogP contribution in [-0.2, 0) is 9.53 Å². The summed E-state index contributed by atoms with van der Waals surface area (Å²) in [4.78, 5) is 14.4. The molecule has 1 aliphatic carbocycles. The SMILES string of the molecule is CCOC(=O)CC1CCC(CN2CCC(n3nc(NC)c(N)c3/C=C(\N)c3ccccc3O)CC2)CC1. The molecule has 2 fully saturated rings. The number of ether oxygens (including phenoxy) is 1. The summed E-state index contributed by atoms with van der Waals surface area (Å²) in [5.41, 5.74) is 15.2. The van der Waals surface area contributed by atoms with Crippen LogP contribution in [0.25, 0.3) is 11.8 Å². The van der Waals surface area contributed by atoms with Gasteiger partial charge < -0.3 is 31.5 Å². The fraction of sp³-hybridized carbons (Fsp3) is 0.571. The van der Waals surface area contributed by atoms with E-state index in [0.29, 0.717) is 47.6 Å². The summed E-state index contributed by atoms with van der Waals surface area (Å²) in [6.07, 6.45) is 8.97. The molecule has 1 aromatic heterocycles. The number of esters is 1. The number of aromatic nitrogens is 2. The van der Waals surface area contributed by atoms with Gasteiger partial charge in [-0.1, -0.05) is 12.1 Å². The summed E-state index contributed by atoms with van der Waals surface area (Å²) in [6.45, 7) is 5.48. The molecule has 1 saturated carbocycles. The maximum absolute atomic E-state index is 11.8. The standard InChI is InChI=1S/C28H42N6O3/c1-3-37-26(36)16-19-8-10-20(11-9-19)18-33-14-12-21(13-15-33)34-24(27(30)28(31-2)32-34)17-23(29)22-6-4-5-7-25(22)35/h4-7,17,19-21,35H,3,8-16,18,29-30H2,1-2H3,(H,31,32)/b23-17-. The monoisotopic (exact) mass is 510 g/mol. The van der Waals surface area contributed by atoms with E-state index in [-0.39, 0.29) is 17.8 Å². The van der Waals surface area contributed by atoms with Gasteiger partial charge in [-0.3, -0.25) is 9.48 Å². The number of hydrogen-bond acceptors (Lipinski definition) is 8. The first-order chi connectivity index (χ1) is 17.9. The molecule has 4 rings (SSSR count). The zero-order chi connectivity index (χ0) is 26.4. The van der Waals surface area contributed by atoms with Crippen molar-refractivity contribution in [3.8, 4) is 5.75 Å². The van der Waals surface area contributed by atoms with Gasteiger partial charge in [0.1, 0.15) is 11.4 Å². The van der Waals surface area contributed by atoms with Gasteiger partial charge in [0.25, 0.3) is 0 Å². The number of carbonyl (C=O) groups is 1. The Morgan fingerprint density at radius 2 is 1.84 bits per heavy atom. The number of nitrogens with one attached hydrogen (secondary N) is 1. The van der Waals surface area contributed by atoms with E-state index in [1.807, 2.05) is 30.8 Å². The molecule has 202 valence electrons. The number of rotatable bonds is 9. The topological polar surface area (TPSA) is 132 Å². The Balaban J connectivity index is 1.36. The van der Waals surface area contributed by atoms with E-state index in [1.165, 1.54) is 12.8 Å². The van der Waals surface area contributed by atoms with Crippen LogP contribution in [0.4, 0.5) is 11.5 Å². The van der Waals surface area contributed by atoms with E-state index in [4.69, 9.17) is 21.3 Å². The molecule has 0 spiro atoms. The second-order valence-corrected chi connectivity index (χ2v) is 10.4. The lowest BCUT2D eigenvalue weighted by Gasteiger charge is -2.36. The predicted molar refractivity (Wildman–Crippen MR) is 148 cm³/mol. The zero-order valence-corrected chi connectivity index (χ0v) is 22.2. The Labute approximate surface area is 219 Å². The van der Waals surface area contributed by atoms with Crippen LogP contribution in [-0.4, -0.2) is 59.0 Å². The third-order valence-electron chi connectivity index (χ3n) is 7.88. The molecule has 1 saturated heterocycles. The fourth-order valence-electron chi connectivity index (χ4n) is 5.80. The van der Waals surface area contributed by atoms with Gasteiger partial charge in [0.15, 0.2) is 5.82 Å². The number of nitrogens with two attached hydrogens (primary N) is 2. The number of aromatic hydroxyl groups is 1. The molecule has 0 atom stereocenters. The molecule has 9 heteroatoms. The van der Waals surface area contributed by atoms with Crippen LogP contribution in [0.3, 0.4) is 0 Å². The van der Waals surface area contributed by atoms with Gasteiger partial charge in [-0.05, 0) is 75.5 Å². The Hall–Kier alpha value is -3.20.